The van der Waals surface area contributed by atoms with Crippen molar-refractivity contribution < 1.29 is 8.42 Å². The van der Waals surface area contributed by atoms with Crippen LogP contribution in [0.1, 0.15) is 11.3 Å². The summed E-state index contributed by atoms with van der Waals surface area (Å²) in [4.78, 5) is 4.60. The third-order valence-corrected chi connectivity index (χ3v) is 4.91. The summed E-state index contributed by atoms with van der Waals surface area (Å²) in [5.74, 6) is 5.15. The number of hydrazone groups is 1. The summed E-state index contributed by atoms with van der Waals surface area (Å²) in [6.45, 7) is 1.90. The van der Waals surface area contributed by atoms with Gasteiger partial charge in [0.25, 0.3) is 10.0 Å². The van der Waals surface area contributed by atoms with Gasteiger partial charge in [-0.25, -0.2) is 13.4 Å². The highest BCUT2D eigenvalue weighted by atomic mass is 32.2. The van der Waals surface area contributed by atoms with Crippen LogP contribution in [0.3, 0.4) is 0 Å². The summed E-state index contributed by atoms with van der Waals surface area (Å²) >= 11 is 0. The molecule has 1 aromatic heterocycles. The fourth-order valence-corrected chi connectivity index (χ4v) is 3.38. The molecule has 0 unspecified atom stereocenters. The molecule has 0 aliphatic carbocycles. The molecule has 3 N–H and O–H groups in total. The van der Waals surface area contributed by atoms with E-state index in [2.05, 4.69) is 14.8 Å². The zero-order valence-electron chi connectivity index (χ0n) is 13.0. The van der Waals surface area contributed by atoms with Crippen molar-refractivity contribution in [2.75, 3.05) is 4.72 Å². The Bertz CT molecular complexity index is 1010. The second-order valence-corrected chi connectivity index (χ2v) is 6.99. The molecular weight excluding hydrogens is 324 g/mol. The Morgan fingerprint density at radius 3 is 2.54 bits per heavy atom. The zero-order valence-corrected chi connectivity index (χ0v) is 13.8. The lowest BCUT2D eigenvalue weighted by Gasteiger charge is -2.11. The van der Waals surface area contributed by atoms with Crippen LogP contribution in [0.4, 0.5) is 5.69 Å². The highest BCUT2D eigenvalue weighted by molar-refractivity contribution is 7.92. The number of rotatable bonds is 4. The van der Waals surface area contributed by atoms with Gasteiger partial charge in [0, 0.05) is 5.39 Å². The van der Waals surface area contributed by atoms with E-state index in [4.69, 9.17) is 5.84 Å². The van der Waals surface area contributed by atoms with E-state index in [0.717, 1.165) is 10.9 Å². The molecule has 0 saturated carbocycles. The van der Waals surface area contributed by atoms with Crippen molar-refractivity contribution in [3.8, 4) is 0 Å². The highest BCUT2D eigenvalue weighted by Crippen LogP contribution is 2.24. The summed E-state index contributed by atoms with van der Waals surface area (Å²) in [5.41, 5.74) is 2.48. The molecule has 0 atom stereocenters. The maximum atomic E-state index is 12.6. The fraction of sp³-hybridized carbons (Fsp3) is 0.0588. The molecule has 0 aliphatic rings. The van der Waals surface area contributed by atoms with Gasteiger partial charge in [-0.15, -0.1) is 0 Å². The van der Waals surface area contributed by atoms with Gasteiger partial charge in [-0.1, -0.05) is 35.9 Å². The average molecular weight is 340 g/mol. The van der Waals surface area contributed by atoms with E-state index in [9.17, 15) is 8.42 Å². The lowest BCUT2D eigenvalue weighted by atomic mass is 10.2. The Hall–Kier alpha value is -2.93. The summed E-state index contributed by atoms with van der Waals surface area (Å²) < 4.78 is 27.8. The third kappa shape index (κ3) is 3.21. The van der Waals surface area contributed by atoms with Crippen LogP contribution in [0.25, 0.3) is 10.9 Å². The van der Waals surface area contributed by atoms with Crippen molar-refractivity contribution in [1.82, 2.24) is 4.98 Å². The number of pyridine rings is 1. The Morgan fingerprint density at radius 1 is 1.08 bits per heavy atom. The molecule has 0 radical (unpaired) electrons. The van der Waals surface area contributed by atoms with Gasteiger partial charge in [-0.3, -0.25) is 4.72 Å². The number of benzene rings is 2. The first-order valence-corrected chi connectivity index (χ1v) is 8.70. The number of aryl methyl sites for hydroxylation is 1. The van der Waals surface area contributed by atoms with Crippen LogP contribution < -0.4 is 10.6 Å². The normalized spacial score (nSPS) is 11.9. The number of nitrogens with zero attached hydrogens (tertiary/aromatic N) is 2. The zero-order chi connectivity index (χ0) is 17.2. The van der Waals surface area contributed by atoms with Crippen molar-refractivity contribution in [3.63, 3.8) is 0 Å². The van der Waals surface area contributed by atoms with Crippen molar-refractivity contribution in [2.45, 2.75) is 11.8 Å². The van der Waals surface area contributed by atoms with Gasteiger partial charge in [0.15, 0.2) is 0 Å². The van der Waals surface area contributed by atoms with Gasteiger partial charge < -0.3 is 5.84 Å². The van der Waals surface area contributed by atoms with E-state index >= 15 is 0 Å². The van der Waals surface area contributed by atoms with Crippen molar-refractivity contribution >= 4 is 32.8 Å². The van der Waals surface area contributed by atoms with Crippen LogP contribution in [0, 0.1) is 6.92 Å². The van der Waals surface area contributed by atoms with E-state index in [0.29, 0.717) is 16.9 Å². The topological polar surface area (TPSA) is 97.4 Å². The molecule has 1 heterocycles. The van der Waals surface area contributed by atoms with Gasteiger partial charge in [-0.2, -0.15) is 5.10 Å². The highest BCUT2D eigenvalue weighted by Gasteiger charge is 2.15. The molecule has 0 spiro atoms. The minimum atomic E-state index is -3.70. The van der Waals surface area contributed by atoms with E-state index in [1.807, 2.05) is 19.1 Å². The molecule has 3 rings (SSSR count). The molecule has 0 saturated heterocycles. The van der Waals surface area contributed by atoms with Crippen molar-refractivity contribution in [3.05, 3.63) is 65.9 Å². The first-order chi connectivity index (χ1) is 11.5. The summed E-state index contributed by atoms with van der Waals surface area (Å²) in [5, 5.41) is 4.26. The molecule has 6 nitrogen and oxygen atoms in total. The number of hydrogen-bond acceptors (Lipinski definition) is 5. The number of sulfonamides is 1. The first-order valence-electron chi connectivity index (χ1n) is 7.22. The van der Waals surface area contributed by atoms with E-state index < -0.39 is 10.0 Å². The predicted molar refractivity (Wildman–Crippen MR) is 95.5 cm³/mol. The molecule has 2 aromatic carbocycles. The molecule has 3 aromatic rings. The molecular formula is C17H16N4O2S. The number of nitrogens with one attached hydrogen (secondary N) is 1. The van der Waals surface area contributed by atoms with E-state index in [1.54, 1.807) is 42.5 Å². The molecule has 122 valence electrons. The maximum absolute atomic E-state index is 12.6. The fourth-order valence-electron chi connectivity index (χ4n) is 2.31. The van der Waals surface area contributed by atoms with Crippen LogP contribution in [-0.2, 0) is 10.0 Å². The summed E-state index contributed by atoms with van der Waals surface area (Å²) in [6.07, 6.45) is 1.41. The average Bonchev–Trinajstić information content (AvgIpc) is 2.56. The monoisotopic (exact) mass is 340 g/mol. The summed E-state index contributed by atoms with van der Waals surface area (Å²) in [7, 11) is -3.70. The van der Waals surface area contributed by atoms with Crippen LogP contribution in [-0.4, -0.2) is 19.6 Å². The Labute approximate surface area is 140 Å². The first kappa shape index (κ1) is 15.9. The van der Waals surface area contributed by atoms with Crippen LogP contribution in [0.15, 0.2) is 64.6 Å². The number of fused-ring (bicyclic) bond motifs is 1. The number of anilines is 1. The Kier molecular flexibility index (Phi) is 4.18. The van der Waals surface area contributed by atoms with Gasteiger partial charge in [0.1, 0.15) is 0 Å². The molecule has 0 bridgehead atoms. The standard InChI is InChI=1S/C17H16N4O2S/c1-12-5-9-15(10-6-12)24(22,23)21-16-4-2-3-13-7-8-14(11-19-18)20-17(13)16/h2-11,21H,18H2,1H3/b19-11+. The lowest BCUT2D eigenvalue weighted by Crippen LogP contribution is -2.13. The second-order valence-electron chi connectivity index (χ2n) is 5.31. The smallest absolute Gasteiger partial charge is 0.261 e. The number of hydrogen-bond donors (Lipinski definition) is 2. The van der Waals surface area contributed by atoms with Crippen LogP contribution in [0.5, 0.6) is 0 Å². The van der Waals surface area contributed by atoms with Crippen LogP contribution >= 0.6 is 0 Å². The minimum absolute atomic E-state index is 0.199. The minimum Gasteiger partial charge on any atom is -0.323 e. The van der Waals surface area contributed by atoms with Gasteiger partial charge in [0.2, 0.25) is 0 Å². The van der Waals surface area contributed by atoms with Gasteiger partial charge in [-0.05, 0) is 31.2 Å². The molecule has 24 heavy (non-hydrogen) atoms. The van der Waals surface area contributed by atoms with Gasteiger partial charge in [0.05, 0.1) is 28.0 Å². The van der Waals surface area contributed by atoms with Crippen molar-refractivity contribution in [2.24, 2.45) is 10.9 Å². The van der Waals surface area contributed by atoms with E-state index in [-0.39, 0.29) is 4.90 Å². The van der Waals surface area contributed by atoms with E-state index in [1.165, 1.54) is 6.21 Å². The predicted octanol–water partition coefficient (Wildman–Crippen LogP) is 2.64. The Balaban J connectivity index is 2.05. The van der Waals surface area contributed by atoms with Crippen LogP contribution in [0.2, 0.25) is 0 Å². The third-order valence-electron chi connectivity index (χ3n) is 3.52. The number of para-hydroxylation sites is 1. The molecule has 0 aliphatic heterocycles. The quantitative estimate of drug-likeness (QED) is 0.433. The molecule has 0 fully saturated rings. The van der Waals surface area contributed by atoms with Gasteiger partial charge >= 0.3 is 0 Å². The maximum Gasteiger partial charge on any atom is 0.261 e. The summed E-state index contributed by atoms with van der Waals surface area (Å²) in [6, 6.07) is 15.6. The second kappa shape index (κ2) is 6.29. The number of nitrogens with two attached hydrogens (primary N) is 1. The van der Waals surface area contributed by atoms with Crippen molar-refractivity contribution in [1.29, 1.82) is 0 Å². The SMILES string of the molecule is Cc1ccc(S(=O)(=O)Nc2cccc3ccc(/C=N/N)nc23)cc1. The number of aromatic nitrogens is 1. The molecule has 0 amide bonds. The lowest BCUT2D eigenvalue weighted by molar-refractivity contribution is 0.601. The molecule has 7 heteroatoms. The Morgan fingerprint density at radius 2 is 1.83 bits per heavy atom. The largest absolute Gasteiger partial charge is 0.323 e.